The zero-order chi connectivity index (χ0) is 26.2. The number of ether oxygens (including phenoxy) is 1. The molecule has 0 unspecified atom stereocenters. The lowest BCUT2D eigenvalue weighted by Gasteiger charge is -2.37. The molecule has 1 amide bonds. The molecule has 200 valence electrons. The minimum absolute atomic E-state index is 0.0268. The first-order valence-corrected chi connectivity index (χ1v) is 13.5. The van der Waals surface area contributed by atoms with Crippen LogP contribution in [0, 0.1) is 5.41 Å². The van der Waals surface area contributed by atoms with E-state index >= 15 is 0 Å². The summed E-state index contributed by atoms with van der Waals surface area (Å²) in [7, 11) is 0. The summed E-state index contributed by atoms with van der Waals surface area (Å²) in [6, 6.07) is 9.56. The molecule has 3 fully saturated rings. The molecule has 1 spiro atoms. The summed E-state index contributed by atoms with van der Waals surface area (Å²) >= 11 is 0. The lowest BCUT2D eigenvalue weighted by atomic mass is 9.93. The van der Waals surface area contributed by atoms with Gasteiger partial charge in [-0.15, -0.1) is 0 Å². The molecule has 3 aliphatic rings. The van der Waals surface area contributed by atoms with E-state index in [0.717, 1.165) is 38.3 Å². The second kappa shape index (κ2) is 10.1. The van der Waals surface area contributed by atoms with Crippen molar-refractivity contribution in [3.63, 3.8) is 0 Å². The summed E-state index contributed by atoms with van der Waals surface area (Å²) < 4.78 is 5.76. The second-order valence-electron chi connectivity index (χ2n) is 11.7. The van der Waals surface area contributed by atoms with Crippen molar-refractivity contribution < 1.29 is 14.6 Å². The van der Waals surface area contributed by atoms with Crippen LogP contribution in [0.25, 0.3) is 0 Å². The van der Waals surface area contributed by atoms with Crippen molar-refractivity contribution in [3.05, 3.63) is 35.9 Å². The minimum atomic E-state index is -0.521. The monoisotopic (exact) mass is 508 g/mol. The molecular formula is C28H40N6O3. The van der Waals surface area contributed by atoms with E-state index in [2.05, 4.69) is 34.3 Å². The van der Waals surface area contributed by atoms with E-state index in [0.29, 0.717) is 35.0 Å². The number of nitrogens with zero attached hydrogens (tertiary/aromatic N) is 4. The van der Waals surface area contributed by atoms with Crippen molar-refractivity contribution in [2.45, 2.75) is 71.1 Å². The number of amides is 1. The Labute approximate surface area is 219 Å². The Morgan fingerprint density at radius 2 is 1.86 bits per heavy atom. The molecule has 0 bridgehead atoms. The topological polar surface area (TPSA) is 103 Å². The fraction of sp³-hybridized carbons (Fsp3) is 0.607. The van der Waals surface area contributed by atoms with Gasteiger partial charge in [-0.05, 0) is 83.1 Å². The van der Waals surface area contributed by atoms with Crippen LogP contribution in [0.1, 0.15) is 63.7 Å². The highest BCUT2D eigenvalue weighted by Crippen LogP contribution is 2.54. The molecule has 2 atom stereocenters. The van der Waals surface area contributed by atoms with Crippen molar-refractivity contribution >= 4 is 29.2 Å². The van der Waals surface area contributed by atoms with Crippen LogP contribution in [0.5, 0.6) is 0 Å². The predicted molar refractivity (Wildman–Crippen MR) is 147 cm³/mol. The summed E-state index contributed by atoms with van der Waals surface area (Å²) in [5.74, 6) is 2.44. The zero-order valence-electron chi connectivity index (χ0n) is 22.5. The van der Waals surface area contributed by atoms with Gasteiger partial charge in [0, 0.05) is 19.6 Å². The number of aromatic nitrogens is 2. The summed E-state index contributed by atoms with van der Waals surface area (Å²) in [6.45, 7) is 11.2. The molecule has 9 nitrogen and oxygen atoms in total. The molecule has 9 heteroatoms. The number of pyridine rings is 2. The Bertz CT molecular complexity index is 1120. The largest absolute Gasteiger partial charge is 0.394 e. The summed E-state index contributed by atoms with van der Waals surface area (Å²) in [4.78, 5) is 27.6. The number of carbonyl (C=O) groups is 1. The maximum Gasteiger partial charge on any atom is 0.260 e. The maximum absolute atomic E-state index is 13.6. The molecule has 2 aromatic heterocycles. The smallest absolute Gasteiger partial charge is 0.260 e. The summed E-state index contributed by atoms with van der Waals surface area (Å²) in [5, 5.41) is 16.0. The van der Waals surface area contributed by atoms with Crippen LogP contribution in [0.3, 0.4) is 0 Å². The first-order valence-electron chi connectivity index (χ1n) is 13.5. The van der Waals surface area contributed by atoms with Crippen LogP contribution in [0.2, 0.25) is 0 Å². The molecule has 2 aliphatic heterocycles. The van der Waals surface area contributed by atoms with Crippen molar-refractivity contribution in [3.8, 4) is 0 Å². The molecule has 37 heavy (non-hydrogen) atoms. The molecule has 2 aromatic rings. The molecular weight excluding hydrogens is 468 g/mol. The van der Waals surface area contributed by atoms with Crippen LogP contribution >= 0.6 is 0 Å². The number of nitrogens with one attached hydrogen (secondary N) is 2. The summed E-state index contributed by atoms with van der Waals surface area (Å²) in [5.41, 5.74) is 0.526. The van der Waals surface area contributed by atoms with Crippen LogP contribution in [-0.4, -0.2) is 71.5 Å². The Kier molecular flexibility index (Phi) is 7.02. The van der Waals surface area contributed by atoms with Gasteiger partial charge in [0.15, 0.2) is 0 Å². The van der Waals surface area contributed by atoms with Gasteiger partial charge in [0.2, 0.25) is 0 Å². The van der Waals surface area contributed by atoms with E-state index in [1.54, 1.807) is 0 Å². The van der Waals surface area contributed by atoms with Crippen LogP contribution in [0.4, 0.5) is 23.3 Å². The van der Waals surface area contributed by atoms with Crippen LogP contribution < -0.4 is 20.4 Å². The number of aliphatic hydroxyl groups is 1. The molecule has 1 saturated carbocycles. The fourth-order valence-corrected chi connectivity index (χ4v) is 5.25. The first kappa shape index (κ1) is 25.7. The molecule has 5 rings (SSSR count). The van der Waals surface area contributed by atoms with Crippen molar-refractivity contribution in [2.24, 2.45) is 5.41 Å². The van der Waals surface area contributed by atoms with Gasteiger partial charge in [-0.25, -0.2) is 9.97 Å². The number of morpholine rings is 1. The van der Waals surface area contributed by atoms with Gasteiger partial charge >= 0.3 is 0 Å². The van der Waals surface area contributed by atoms with Crippen LogP contribution in [0.15, 0.2) is 30.3 Å². The van der Waals surface area contributed by atoms with E-state index in [9.17, 15) is 9.90 Å². The molecule has 3 N–H and O–H groups in total. The number of hydrogen-bond acceptors (Lipinski definition) is 8. The summed E-state index contributed by atoms with van der Waals surface area (Å²) in [6.07, 6.45) is 5.03. The third-order valence-corrected chi connectivity index (χ3v) is 7.94. The Balaban J connectivity index is 1.38. The number of rotatable bonds is 7. The maximum atomic E-state index is 13.6. The first-order chi connectivity index (χ1) is 17.7. The highest BCUT2D eigenvalue weighted by molar-refractivity contribution is 6.07. The standard InChI is InChI=1S/C28H40N6O3/c1-19-17-37-20(2)16-34(19)24-7-5-6-22(29-24)31-26(36)21-8-9-23(32-27(3,4)18-35)30-25(21)33-14-12-28(10-11-28)13-15-33/h5-9,19-20,35H,10-18H2,1-4H3,(H,30,32)(H,29,31,36)/t19-,20+/m1/s1. The number of anilines is 4. The van der Waals surface area contributed by atoms with E-state index in [4.69, 9.17) is 14.7 Å². The Morgan fingerprint density at radius 3 is 2.57 bits per heavy atom. The third-order valence-electron chi connectivity index (χ3n) is 7.94. The van der Waals surface area contributed by atoms with Gasteiger partial charge in [-0.1, -0.05) is 6.07 Å². The highest BCUT2D eigenvalue weighted by atomic mass is 16.5. The third kappa shape index (κ3) is 5.83. The van der Waals surface area contributed by atoms with Gasteiger partial charge in [0.1, 0.15) is 23.3 Å². The van der Waals surface area contributed by atoms with Crippen molar-refractivity contribution in [2.75, 3.05) is 53.3 Å². The lowest BCUT2D eigenvalue weighted by molar-refractivity contribution is 0.0340. The molecule has 4 heterocycles. The average molecular weight is 509 g/mol. The van der Waals surface area contributed by atoms with Gasteiger partial charge < -0.3 is 30.3 Å². The minimum Gasteiger partial charge on any atom is -0.394 e. The average Bonchev–Trinajstić information content (AvgIpc) is 3.64. The van der Waals surface area contributed by atoms with Crippen molar-refractivity contribution in [1.82, 2.24) is 9.97 Å². The van der Waals surface area contributed by atoms with E-state index < -0.39 is 5.54 Å². The van der Waals surface area contributed by atoms with E-state index in [-0.39, 0.29) is 24.7 Å². The SMILES string of the molecule is C[C@@H]1CO[C@@H](C)CN1c1cccc(NC(=O)c2ccc(NC(C)(C)CO)nc2N2CCC3(CC2)CC3)n1. The van der Waals surface area contributed by atoms with Gasteiger partial charge in [-0.2, -0.15) is 0 Å². The Morgan fingerprint density at radius 1 is 1.11 bits per heavy atom. The van der Waals surface area contributed by atoms with E-state index in [1.807, 2.05) is 44.2 Å². The van der Waals surface area contributed by atoms with Gasteiger partial charge in [-0.3, -0.25) is 4.79 Å². The predicted octanol–water partition coefficient (Wildman–Crippen LogP) is 3.91. The normalized spacial score (nSPS) is 23.2. The number of hydrogen-bond donors (Lipinski definition) is 3. The highest BCUT2D eigenvalue weighted by Gasteiger charge is 2.45. The fourth-order valence-electron chi connectivity index (χ4n) is 5.25. The van der Waals surface area contributed by atoms with Crippen LogP contribution in [-0.2, 0) is 4.74 Å². The van der Waals surface area contributed by atoms with Gasteiger partial charge in [0.25, 0.3) is 5.91 Å². The molecule has 2 saturated heterocycles. The number of piperidine rings is 1. The zero-order valence-corrected chi connectivity index (χ0v) is 22.5. The number of aliphatic hydroxyl groups excluding tert-OH is 1. The lowest BCUT2D eigenvalue weighted by Crippen LogP contribution is -2.47. The molecule has 0 radical (unpaired) electrons. The molecule has 1 aliphatic carbocycles. The Hall–Kier alpha value is -2.91. The second-order valence-corrected chi connectivity index (χ2v) is 11.7. The number of carbonyl (C=O) groups excluding carboxylic acids is 1. The molecule has 0 aromatic carbocycles. The van der Waals surface area contributed by atoms with Gasteiger partial charge in [0.05, 0.1) is 36.5 Å². The quantitative estimate of drug-likeness (QED) is 0.517. The van der Waals surface area contributed by atoms with Crippen molar-refractivity contribution in [1.29, 1.82) is 0 Å². The van der Waals surface area contributed by atoms with E-state index in [1.165, 1.54) is 12.8 Å².